The fourth-order valence-corrected chi connectivity index (χ4v) is 3.04. The van der Waals surface area contributed by atoms with Crippen LogP contribution in [0.25, 0.3) is 10.9 Å². The van der Waals surface area contributed by atoms with E-state index in [0.29, 0.717) is 9.47 Å². The minimum atomic E-state index is -4.10. The molecule has 0 amide bonds. The van der Waals surface area contributed by atoms with Gasteiger partial charge >= 0.3 is 5.95 Å². The average molecular weight is 305 g/mol. The number of hydrogen-bond donors (Lipinski definition) is 0. The van der Waals surface area contributed by atoms with E-state index >= 15 is 0 Å². The van der Waals surface area contributed by atoms with Gasteiger partial charge in [-0.1, -0.05) is 22.3 Å². The van der Waals surface area contributed by atoms with E-state index in [1.54, 1.807) is 24.3 Å². The van der Waals surface area contributed by atoms with Crippen LogP contribution in [0.5, 0.6) is 0 Å². The largest absolute Gasteiger partial charge is 0.492 e. The molecule has 0 aliphatic carbocycles. The summed E-state index contributed by atoms with van der Waals surface area (Å²) < 4.78 is 25.4. The van der Waals surface area contributed by atoms with Crippen LogP contribution >= 0.6 is 0 Å². The number of hydrogen-bond acceptors (Lipinski definition) is 7. The minimum Gasteiger partial charge on any atom is -0.390 e. The molecule has 106 valence electrons. The molecule has 0 N–H and O–H groups in total. The quantitative estimate of drug-likeness (QED) is 0.522. The molecule has 10 heteroatoms. The van der Waals surface area contributed by atoms with Gasteiger partial charge in [0.05, 0.1) is 5.52 Å². The highest BCUT2D eigenvalue weighted by Crippen LogP contribution is 2.22. The zero-order valence-electron chi connectivity index (χ0n) is 10.3. The van der Waals surface area contributed by atoms with E-state index < -0.39 is 20.9 Å². The highest BCUT2D eigenvalue weighted by atomic mass is 32.2. The van der Waals surface area contributed by atoms with Crippen LogP contribution < -0.4 is 0 Å². The van der Waals surface area contributed by atoms with Crippen LogP contribution in [0.3, 0.4) is 0 Å². The molecule has 0 saturated carbocycles. The van der Waals surface area contributed by atoms with Gasteiger partial charge in [-0.15, -0.1) is 0 Å². The molecule has 0 unspecified atom stereocenters. The van der Waals surface area contributed by atoms with Crippen LogP contribution in [0.2, 0.25) is 0 Å². The van der Waals surface area contributed by atoms with Crippen LogP contribution in [0, 0.1) is 10.1 Å². The van der Waals surface area contributed by atoms with E-state index in [2.05, 4.69) is 15.1 Å². The van der Waals surface area contributed by atoms with Crippen LogP contribution in [0.15, 0.2) is 47.8 Å². The number of fused-ring (bicyclic) bond motifs is 1. The second-order valence-corrected chi connectivity index (χ2v) is 5.77. The molecule has 0 atom stereocenters. The predicted molar refractivity (Wildman–Crippen MR) is 71.0 cm³/mol. The number of nitrogens with zero attached hydrogens (tertiary/aromatic N) is 5. The Morgan fingerprint density at radius 1 is 1.14 bits per heavy atom. The van der Waals surface area contributed by atoms with Gasteiger partial charge in [-0.3, -0.25) is 4.98 Å². The standard InChI is InChI=1S/C11H7N5O4S/c17-16(18)11-13-7-15(14-11)21(19,20)9-5-1-3-8-4-2-6-12-10(8)9/h1-7H. The Kier molecular flexibility index (Phi) is 2.87. The molecule has 0 aliphatic heterocycles. The normalized spacial score (nSPS) is 11.6. The Morgan fingerprint density at radius 2 is 1.90 bits per heavy atom. The zero-order chi connectivity index (χ0) is 15.0. The van der Waals surface area contributed by atoms with Crippen LogP contribution in [-0.4, -0.2) is 32.5 Å². The first kappa shape index (κ1) is 13.1. The summed E-state index contributed by atoms with van der Waals surface area (Å²) in [7, 11) is -4.10. The van der Waals surface area contributed by atoms with Gasteiger partial charge < -0.3 is 10.1 Å². The number of pyridine rings is 1. The lowest BCUT2D eigenvalue weighted by Crippen LogP contribution is -2.14. The summed E-state index contributed by atoms with van der Waals surface area (Å²) in [4.78, 5) is 17.0. The van der Waals surface area contributed by atoms with Crippen molar-refractivity contribution in [3.8, 4) is 0 Å². The van der Waals surface area contributed by atoms with E-state index in [0.717, 1.165) is 6.33 Å². The van der Waals surface area contributed by atoms with Crippen molar-refractivity contribution >= 4 is 26.9 Å². The molecule has 1 aromatic carbocycles. The molecule has 2 heterocycles. The summed E-state index contributed by atoms with van der Waals surface area (Å²) in [5.74, 6) is -0.785. The lowest BCUT2D eigenvalue weighted by Gasteiger charge is -2.04. The summed E-state index contributed by atoms with van der Waals surface area (Å²) >= 11 is 0. The molecule has 0 fully saturated rings. The Balaban J connectivity index is 2.22. The first-order chi connectivity index (χ1) is 10.00. The number of benzene rings is 1. The van der Waals surface area contributed by atoms with Crippen LogP contribution in [0.4, 0.5) is 5.95 Å². The summed E-state index contributed by atoms with van der Waals surface area (Å²) in [5.41, 5.74) is 0.262. The maximum absolute atomic E-state index is 12.5. The third-order valence-electron chi connectivity index (χ3n) is 2.74. The lowest BCUT2D eigenvalue weighted by molar-refractivity contribution is -0.394. The summed E-state index contributed by atoms with van der Waals surface area (Å²) in [6.07, 6.45) is 2.25. The van der Waals surface area contributed by atoms with E-state index in [1.807, 2.05) is 0 Å². The molecule has 3 aromatic rings. The molecule has 0 aliphatic rings. The number of aromatic nitrogens is 4. The Morgan fingerprint density at radius 3 is 2.62 bits per heavy atom. The number of rotatable bonds is 3. The number of para-hydroxylation sites is 1. The predicted octanol–water partition coefficient (Wildman–Crippen LogP) is 0.971. The lowest BCUT2D eigenvalue weighted by atomic mass is 10.2. The van der Waals surface area contributed by atoms with Crippen molar-refractivity contribution in [1.29, 1.82) is 0 Å². The van der Waals surface area contributed by atoms with Crippen molar-refractivity contribution in [1.82, 2.24) is 19.2 Å². The van der Waals surface area contributed by atoms with Gasteiger partial charge in [0.25, 0.3) is 10.0 Å². The molecular formula is C11H7N5O4S. The zero-order valence-corrected chi connectivity index (χ0v) is 11.1. The van der Waals surface area contributed by atoms with Crippen molar-refractivity contribution < 1.29 is 13.3 Å². The molecule has 2 aromatic heterocycles. The SMILES string of the molecule is O=[N+]([O-])c1ncn(S(=O)(=O)c2cccc3cccnc23)n1. The Labute approximate surface area is 118 Å². The van der Waals surface area contributed by atoms with Crippen molar-refractivity contribution in [2.75, 3.05) is 0 Å². The monoisotopic (exact) mass is 305 g/mol. The maximum atomic E-state index is 12.5. The molecule has 9 nitrogen and oxygen atoms in total. The molecule has 0 spiro atoms. The average Bonchev–Trinajstić information content (AvgIpc) is 2.97. The van der Waals surface area contributed by atoms with Gasteiger partial charge in [-0.2, -0.15) is 8.42 Å². The van der Waals surface area contributed by atoms with E-state index in [9.17, 15) is 18.5 Å². The fraction of sp³-hybridized carbons (Fsp3) is 0. The van der Waals surface area contributed by atoms with Crippen molar-refractivity contribution in [2.24, 2.45) is 0 Å². The van der Waals surface area contributed by atoms with Crippen molar-refractivity contribution in [3.63, 3.8) is 0 Å². The molecule has 3 rings (SSSR count). The molecular weight excluding hydrogens is 298 g/mol. The first-order valence-electron chi connectivity index (χ1n) is 5.65. The molecule has 21 heavy (non-hydrogen) atoms. The van der Waals surface area contributed by atoms with Gasteiger partial charge in [-0.25, -0.2) is 0 Å². The Hall–Kier alpha value is -2.88. The topological polar surface area (TPSA) is 121 Å². The third kappa shape index (κ3) is 2.10. The highest BCUT2D eigenvalue weighted by Gasteiger charge is 2.27. The van der Waals surface area contributed by atoms with Crippen LogP contribution in [-0.2, 0) is 10.0 Å². The summed E-state index contributed by atoms with van der Waals surface area (Å²) in [6, 6.07) is 8.02. The van der Waals surface area contributed by atoms with Crippen molar-refractivity contribution in [2.45, 2.75) is 4.90 Å². The minimum absolute atomic E-state index is 0.0969. The van der Waals surface area contributed by atoms with E-state index in [4.69, 9.17) is 0 Å². The van der Waals surface area contributed by atoms with Gasteiger partial charge in [0.15, 0.2) is 0 Å². The first-order valence-corrected chi connectivity index (χ1v) is 7.09. The van der Waals surface area contributed by atoms with Crippen LogP contribution in [0.1, 0.15) is 0 Å². The molecule has 0 bridgehead atoms. The summed E-state index contributed by atoms with van der Waals surface area (Å²) in [6.45, 7) is 0. The van der Waals surface area contributed by atoms with Gasteiger partial charge in [0.1, 0.15) is 4.90 Å². The van der Waals surface area contributed by atoms with Crippen molar-refractivity contribution in [3.05, 3.63) is 53.0 Å². The third-order valence-corrected chi connectivity index (χ3v) is 4.30. The van der Waals surface area contributed by atoms with Gasteiger partial charge in [-0.05, 0) is 22.0 Å². The number of nitro groups is 1. The van der Waals surface area contributed by atoms with E-state index in [-0.39, 0.29) is 10.4 Å². The Bertz CT molecular complexity index is 945. The maximum Gasteiger partial charge on any atom is 0.492 e. The van der Waals surface area contributed by atoms with Gasteiger partial charge in [0.2, 0.25) is 6.33 Å². The smallest absolute Gasteiger partial charge is 0.390 e. The van der Waals surface area contributed by atoms with Gasteiger partial charge in [0, 0.05) is 16.7 Å². The summed E-state index contributed by atoms with van der Waals surface area (Å²) in [5, 5.41) is 14.5. The second-order valence-electron chi connectivity index (χ2n) is 4.01. The van der Waals surface area contributed by atoms with E-state index in [1.165, 1.54) is 12.3 Å². The fourth-order valence-electron chi connectivity index (χ4n) is 1.83. The molecule has 0 saturated heterocycles. The molecule has 0 radical (unpaired) electrons. The second kappa shape index (κ2) is 4.59. The highest BCUT2D eigenvalue weighted by molar-refractivity contribution is 7.90.